The number of carbonyl (C=O) groups excluding carboxylic acids is 1. The molecule has 0 fully saturated rings. The highest BCUT2D eigenvalue weighted by molar-refractivity contribution is 5.67. The van der Waals surface area contributed by atoms with Crippen LogP contribution in [0.1, 0.15) is 35.5 Å². The molecule has 0 aromatic heterocycles. The lowest BCUT2D eigenvalue weighted by Crippen LogP contribution is -2.38. The fourth-order valence-corrected chi connectivity index (χ4v) is 0.710. The molecule has 0 aliphatic rings. The molecule has 4 nitrogen and oxygen atoms in total. The fourth-order valence-electron chi connectivity index (χ4n) is 0.710. The molecule has 2 N–H and O–H groups in total. The van der Waals surface area contributed by atoms with Crippen LogP contribution in [-0.2, 0) is 4.74 Å². The third-order valence-corrected chi connectivity index (χ3v) is 1.20. The van der Waals surface area contributed by atoms with Crippen molar-refractivity contribution in [1.82, 2.24) is 5.32 Å². The number of rotatable bonds is 3. The molecule has 0 aliphatic carbocycles. The Morgan fingerprint density at radius 2 is 2.23 bits per heavy atom. The van der Waals surface area contributed by atoms with E-state index >= 15 is 0 Å². The van der Waals surface area contributed by atoms with Crippen molar-refractivity contribution in [2.24, 2.45) is 0 Å². The summed E-state index contributed by atoms with van der Waals surface area (Å²) in [4.78, 5) is 11.2. The van der Waals surface area contributed by atoms with Crippen LogP contribution in [0.15, 0.2) is 0 Å². The highest BCUT2D eigenvalue weighted by atomic mass is 16.6. The van der Waals surface area contributed by atoms with Gasteiger partial charge in [0.2, 0.25) is 0 Å². The van der Waals surface area contributed by atoms with Gasteiger partial charge >= 0.3 is 6.09 Å². The van der Waals surface area contributed by atoms with Crippen LogP contribution in [0, 0.1) is 0 Å². The third-order valence-electron chi connectivity index (χ3n) is 1.20. The van der Waals surface area contributed by atoms with Crippen molar-refractivity contribution in [2.75, 3.05) is 6.61 Å². The zero-order valence-corrected chi connectivity index (χ0v) is 8.63. The van der Waals surface area contributed by atoms with Gasteiger partial charge in [-0.25, -0.2) is 4.79 Å². The number of carbonyl (C=O) groups is 1. The molecule has 0 aromatic carbocycles. The average molecular weight is 190 g/mol. The minimum atomic E-state index is -0.720. The van der Waals surface area contributed by atoms with Crippen LogP contribution in [0.2, 0.25) is 0 Å². The van der Waals surface area contributed by atoms with Gasteiger partial charge in [-0.1, -0.05) is 0 Å². The maximum atomic E-state index is 11.2. The summed E-state index contributed by atoms with van der Waals surface area (Å²) in [6.07, 6.45) is -1.28. The molecule has 0 radical (unpaired) electrons. The average Bonchev–Trinajstić information content (AvgIpc) is 1.99. The summed E-state index contributed by atoms with van der Waals surface area (Å²) in [5.41, 5.74) is -0.541. The molecule has 4 heteroatoms. The maximum Gasteiger partial charge on any atom is 0.407 e. The van der Waals surface area contributed by atoms with Crippen molar-refractivity contribution < 1.29 is 16.0 Å². The van der Waals surface area contributed by atoms with E-state index < -0.39 is 24.1 Å². The molecule has 0 heterocycles. The maximum absolute atomic E-state index is 11.2. The van der Waals surface area contributed by atoms with Crippen LogP contribution in [0.4, 0.5) is 4.79 Å². The first-order chi connectivity index (χ1) is 6.26. The lowest BCUT2D eigenvalue weighted by atomic mass is 10.2. The van der Waals surface area contributed by atoms with E-state index in [0.717, 1.165) is 0 Å². The molecule has 0 aromatic rings. The number of aliphatic hydroxyl groups excluding tert-OH is 1. The molecular formula is C9H19NO3. The normalized spacial score (nSPS) is 17.2. The summed E-state index contributed by atoms with van der Waals surface area (Å²) in [6, 6.07) is -0.421. The van der Waals surface area contributed by atoms with E-state index in [-0.39, 0.29) is 6.61 Å². The van der Waals surface area contributed by atoms with Crippen LogP contribution in [-0.4, -0.2) is 29.4 Å². The van der Waals surface area contributed by atoms with Crippen molar-refractivity contribution in [2.45, 2.75) is 45.7 Å². The first-order valence-electron chi connectivity index (χ1n) is 4.86. The van der Waals surface area contributed by atoms with E-state index in [1.165, 1.54) is 0 Å². The predicted molar refractivity (Wildman–Crippen MR) is 50.5 cm³/mol. The molecule has 13 heavy (non-hydrogen) atoms. The Bertz CT molecular complexity index is 191. The predicted octanol–water partition coefficient (Wildman–Crippen LogP) is 1.28. The molecule has 0 saturated carbocycles. The van der Waals surface area contributed by atoms with Crippen LogP contribution in [0.5, 0.6) is 0 Å². The van der Waals surface area contributed by atoms with Crippen LogP contribution >= 0.6 is 0 Å². The highest BCUT2D eigenvalue weighted by Crippen LogP contribution is 2.06. The van der Waals surface area contributed by atoms with Gasteiger partial charge in [-0.3, -0.25) is 0 Å². The van der Waals surface area contributed by atoms with Gasteiger partial charge < -0.3 is 15.2 Å². The van der Waals surface area contributed by atoms with E-state index in [4.69, 9.17) is 11.2 Å². The van der Waals surface area contributed by atoms with Gasteiger partial charge in [-0.15, -0.1) is 0 Å². The van der Waals surface area contributed by atoms with E-state index in [1.54, 1.807) is 27.7 Å². The zero-order chi connectivity index (χ0) is 11.4. The number of nitrogens with one attached hydrogen (secondary N) is 1. The molecule has 78 valence electrons. The Balaban J connectivity index is 3.95. The minimum absolute atomic E-state index is 0.281. The smallest absolute Gasteiger partial charge is 0.407 e. The van der Waals surface area contributed by atoms with Crippen LogP contribution in [0.25, 0.3) is 0 Å². The lowest BCUT2D eigenvalue weighted by Gasteiger charge is -2.21. The number of hydrogen-bond acceptors (Lipinski definition) is 3. The largest absolute Gasteiger partial charge is 0.444 e. The standard InChI is InChI=1S/C9H19NO3/c1-7(5-6-11)10-8(12)13-9(2,3)4/h7,11H,5-6H2,1-4H3,(H,10,12)/t7-/m1/s1/i5D/t5?,7-. The quantitative estimate of drug-likeness (QED) is 0.704. The molecule has 1 amide bonds. The summed E-state index contributed by atoms with van der Waals surface area (Å²) < 4.78 is 12.3. The Kier molecular flexibility index (Phi) is 4.02. The number of amides is 1. The van der Waals surface area contributed by atoms with Crippen molar-refractivity contribution >= 4 is 6.09 Å². The van der Waals surface area contributed by atoms with Crippen molar-refractivity contribution in [3.8, 4) is 0 Å². The summed E-state index contributed by atoms with van der Waals surface area (Å²) in [5, 5.41) is 11.1. The van der Waals surface area contributed by atoms with Crippen LogP contribution in [0.3, 0.4) is 0 Å². The summed E-state index contributed by atoms with van der Waals surface area (Å²) in [7, 11) is 0. The van der Waals surface area contributed by atoms with Gasteiger partial charge in [0.05, 0.1) is 0 Å². The Hall–Kier alpha value is -0.770. The summed E-state index contributed by atoms with van der Waals surface area (Å²) >= 11 is 0. The number of alkyl carbamates (subject to hydrolysis) is 1. The van der Waals surface area contributed by atoms with E-state index in [0.29, 0.717) is 0 Å². The van der Waals surface area contributed by atoms with Gasteiger partial charge in [0, 0.05) is 14.0 Å². The number of aliphatic hydroxyl groups is 1. The van der Waals surface area contributed by atoms with Gasteiger partial charge in [0.25, 0.3) is 0 Å². The highest BCUT2D eigenvalue weighted by Gasteiger charge is 2.17. The van der Waals surface area contributed by atoms with Crippen molar-refractivity contribution in [3.05, 3.63) is 0 Å². The monoisotopic (exact) mass is 190 g/mol. The molecular weight excluding hydrogens is 170 g/mol. The number of hydrogen-bond donors (Lipinski definition) is 2. The SMILES string of the molecule is [2H]C(CO)[C@@H](C)NC(=O)OC(C)(C)C. The first-order valence-corrected chi connectivity index (χ1v) is 4.29. The molecule has 1 unspecified atom stereocenters. The van der Waals surface area contributed by atoms with E-state index in [2.05, 4.69) is 5.32 Å². The van der Waals surface area contributed by atoms with Gasteiger partial charge in [-0.2, -0.15) is 0 Å². The molecule has 0 bridgehead atoms. The summed E-state index contributed by atoms with van der Waals surface area (Å²) in [5.74, 6) is 0. The first kappa shape index (κ1) is 10.3. The second kappa shape index (κ2) is 5.07. The van der Waals surface area contributed by atoms with Gasteiger partial charge in [-0.05, 0) is 34.1 Å². The Morgan fingerprint density at radius 3 is 2.62 bits per heavy atom. The lowest BCUT2D eigenvalue weighted by molar-refractivity contribution is 0.0502. The molecule has 0 saturated heterocycles. The third kappa shape index (κ3) is 7.59. The minimum Gasteiger partial charge on any atom is -0.444 e. The Labute approximate surface area is 80.7 Å². The second-order valence-electron chi connectivity index (χ2n) is 3.85. The van der Waals surface area contributed by atoms with Crippen molar-refractivity contribution in [1.29, 1.82) is 0 Å². The Morgan fingerprint density at radius 1 is 1.69 bits per heavy atom. The van der Waals surface area contributed by atoms with Gasteiger partial charge in [0.1, 0.15) is 5.60 Å². The molecule has 2 atom stereocenters. The molecule has 0 spiro atoms. The zero-order valence-electron chi connectivity index (χ0n) is 9.63. The van der Waals surface area contributed by atoms with E-state index in [1.807, 2.05) is 0 Å². The van der Waals surface area contributed by atoms with Crippen LogP contribution < -0.4 is 5.32 Å². The summed E-state index contributed by atoms with van der Waals surface area (Å²) in [6.45, 7) is 6.67. The van der Waals surface area contributed by atoms with Crippen molar-refractivity contribution in [3.63, 3.8) is 0 Å². The van der Waals surface area contributed by atoms with E-state index in [9.17, 15) is 4.79 Å². The fraction of sp³-hybridized carbons (Fsp3) is 0.889. The topological polar surface area (TPSA) is 58.6 Å². The molecule has 0 rings (SSSR count). The molecule has 0 aliphatic heterocycles. The second-order valence-corrected chi connectivity index (χ2v) is 3.85. The van der Waals surface area contributed by atoms with Gasteiger partial charge in [0.15, 0.2) is 0 Å². The number of ether oxygens (including phenoxy) is 1.